The van der Waals surface area contributed by atoms with Crippen molar-refractivity contribution in [2.75, 3.05) is 27.4 Å². The molecule has 2 atom stereocenters. The fourth-order valence-electron chi connectivity index (χ4n) is 3.31. The highest BCUT2D eigenvalue weighted by atomic mass is 16.5. The van der Waals surface area contributed by atoms with E-state index in [0.717, 1.165) is 11.3 Å². The molecule has 2 unspecified atom stereocenters. The molecule has 0 saturated carbocycles. The number of fused-ring (bicyclic) bond motifs is 2. The van der Waals surface area contributed by atoms with Crippen molar-refractivity contribution < 1.29 is 19.3 Å². The molecule has 5 heteroatoms. The van der Waals surface area contributed by atoms with Crippen LogP contribution in [0.3, 0.4) is 0 Å². The third-order valence-corrected chi connectivity index (χ3v) is 4.19. The van der Waals surface area contributed by atoms with E-state index in [9.17, 15) is 5.11 Å². The molecule has 0 radical (unpaired) electrons. The zero-order chi connectivity index (χ0) is 14.2. The third kappa shape index (κ3) is 2.37. The zero-order valence-electron chi connectivity index (χ0n) is 11.9. The zero-order valence-corrected chi connectivity index (χ0v) is 11.9. The number of rotatable bonds is 3. The summed E-state index contributed by atoms with van der Waals surface area (Å²) in [5.41, 5.74) is -0.0951. The van der Waals surface area contributed by atoms with E-state index in [0.29, 0.717) is 31.8 Å². The quantitative estimate of drug-likeness (QED) is 0.866. The summed E-state index contributed by atoms with van der Waals surface area (Å²) in [7, 11) is 3.25. The van der Waals surface area contributed by atoms with Gasteiger partial charge in [0.1, 0.15) is 11.5 Å². The molecule has 0 amide bonds. The second kappa shape index (κ2) is 5.24. The van der Waals surface area contributed by atoms with Crippen molar-refractivity contribution in [3.05, 3.63) is 23.8 Å². The van der Waals surface area contributed by atoms with Crippen LogP contribution in [0.25, 0.3) is 0 Å². The van der Waals surface area contributed by atoms with Crippen molar-refractivity contribution in [1.29, 1.82) is 0 Å². The number of nitrogens with one attached hydrogen (secondary N) is 1. The average Bonchev–Trinajstić information content (AvgIpc) is 2.46. The van der Waals surface area contributed by atoms with Crippen LogP contribution in [0.2, 0.25) is 0 Å². The number of hydrogen-bond acceptors (Lipinski definition) is 5. The van der Waals surface area contributed by atoms with Crippen LogP contribution >= 0.6 is 0 Å². The molecule has 2 fully saturated rings. The van der Waals surface area contributed by atoms with Crippen LogP contribution in [0.1, 0.15) is 18.4 Å². The van der Waals surface area contributed by atoms with Gasteiger partial charge >= 0.3 is 0 Å². The summed E-state index contributed by atoms with van der Waals surface area (Å²) in [6.45, 7) is 1.29. The van der Waals surface area contributed by atoms with E-state index in [1.165, 1.54) is 0 Å². The summed E-state index contributed by atoms with van der Waals surface area (Å²) in [4.78, 5) is 0. The number of benzene rings is 1. The number of ether oxygens (including phenoxy) is 3. The Hall–Kier alpha value is -1.30. The molecule has 1 aromatic rings. The Kier molecular flexibility index (Phi) is 3.58. The first-order chi connectivity index (χ1) is 9.64. The number of morpholine rings is 1. The minimum atomic E-state index is -0.899. The Morgan fingerprint density at radius 1 is 1.20 bits per heavy atom. The van der Waals surface area contributed by atoms with Crippen molar-refractivity contribution in [3.63, 3.8) is 0 Å². The van der Waals surface area contributed by atoms with Crippen molar-refractivity contribution >= 4 is 0 Å². The molecule has 0 spiro atoms. The Labute approximate surface area is 118 Å². The fourth-order valence-corrected chi connectivity index (χ4v) is 3.31. The lowest BCUT2D eigenvalue weighted by atomic mass is 9.77. The van der Waals surface area contributed by atoms with Crippen LogP contribution in [0.15, 0.2) is 18.2 Å². The Morgan fingerprint density at radius 3 is 2.50 bits per heavy atom. The van der Waals surface area contributed by atoms with E-state index < -0.39 is 5.60 Å². The predicted molar refractivity (Wildman–Crippen MR) is 74.2 cm³/mol. The summed E-state index contributed by atoms with van der Waals surface area (Å²) in [5, 5.41) is 14.6. The second-order valence-electron chi connectivity index (χ2n) is 5.60. The van der Waals surface area contributed by atoms with Crippen molar-refractivity contribution in [1.82, 2.24) is 5.32 Å². The summed E-state index contributed by atoms with van der Waals surface area (Å²) in [6.07, 6.45) is 1.24. The summed E-state index contributed by atoms with van der Waals surface area (Å²) in [5.74, 6) is 1.43. The van der Waals surface area contributed by atoms with E-state index in [-0.39, 0.29) is 12.1 Å². The number of piperidine rings is 1. The van der Waals surface area contributed by atoms with Crippen molar-refractivity contribution in [2.24, 2.45) is 0 Å². The number of aliphatic hydroxyl groups is 1. The molecule has 2 bridgehead atoms. The highest BCUT2D eigenvalue weighted by Gasteiger charge is 2.43. The van der Waals surface area contributed by atoms with E-state index in [4.69, 9.17) is 14.2 Å². The molecule has 0 aliphatic carbocycles. The SMILES string of the molecule is COc1ccc(OC)c(C2(O)CC3COCC(C2)N3)c1. The summed E-state index contributed by atoms with van der Waals surface area (Å²) in [6, 6.07) is 5.93. The average molecular weight is 279 g/mol. The van der Waals surface area contributed by atoms with Gasteiger partial charge in [-0.1, -0.05) is 0 Å². The molecule has 2 saturated heterocycles. The van der Waals surface area contributed by atoms with E-state index in [1.807, 2.05) is 18.2 Å². The first kappa shape index (κ1) is 13.7. The molecule has 2 heterocycles. The van der Waals surface area contributed by atoms with E-state index in [2.05, 4.69) is 5.32 Å². The molecular weight excluding hydrogens is 258 g/mol. The van der Waals surface area contributed by atoms with Crippen molar-refractivity contribution in [2.45, 2.75) is 30.5 Å². The van der Waals surface area contributed by atoms with Gasteiger partial charge in [0.05, 0.1) is 33.0 Å². The van der Waals surface area contributed by atoms with Gasteiger partial charge in [0.2, 0.25) is 0 Å². The maximum absolute atomic E-state index is 11.1. The van der Waals surface area contributed by atoms with Crippen LogP contribution in [0.5, 0.6) is 11.5 Å². The maximum atomic E-state index is 11.1. The molecule has 2 aliphatic rings. The monoisotopic (exact) mass is 279 g/mol. The van der Waals surface area contributed by atoms with E-state index in [1.54, 1.807) is 14.2 Å². The van der Waals surface area contributed by atoms with E-state index >= 15 is 0 Å². The lowest BCUT2D eigenvalue weighted by Crippen LogP contribution is -2.58. The molecule has 3 rings (SSSR count). The molecule has 20 heavy (non-hydrogen) atoms. The van der Waals surface area contributed by atoms with Crippen LogP contribution in [-0.2, 0) is 10.3 Å². The Balaban J connectivity index is 1.97. The molecule has 5 nitrogen and oxygen atoms in total. The highest BCUT2D eigenvalue weighted by molar-refractivity contribution is 5.44. The third-order valence-electron chi connectivity index (χ3n) is 4.19. The van der Waals surface area contributed by atoms with Crippen LogP contribution in [0.4, 0.5) is 0 Å². The first-order valence-corrected chi connectivity index (χ1v) is 6.93. The van der Waals surface area contributed by atoms with Gasteiger partial charge in [-0.2, -0.15) is 0 Å². The van der Waals surface area contributed by atoms with Gasteiger partial charge in [0.25, 0.3) is 0 Å². The van der Waals surface area contributed by atoms with Gasteiger partial charge in [0.15, 0.2) is 0 Å². The number of hydrogen-bond donors (Lipinski definition) is 2. The second-order valence-corrected chi connectivity index (χ2v) is 5.60. The summed E-state index contributed by atoms with van der Waals surface area (Å²) >= 11 is 0. The van der Waals surface area contributed by atoms with Crippen LogP contribution < -0.4 is 14.8 Å². The Bertz CT molecular complexity index is 479. The minimum Gasteiger partial charge on any atom is -0.497 e. The van der Waals surface area contributed by atoms with Gasteiger partial charge in [-0.15, -0.1) is 0 Å². The lowest BCUT2D eigenvalue weighted by molar-refractivity contribution is -0.0811. The van der Waals surface area contributed by atoms with Crippen LogP contribution in [-0.4, -0.2) is 44.6 Å². The molecule has 2 N–H and O–H groups in total. The van der Waals surface area contributed by atoms with Crippen LogP contribution in [0, 0.1) is 0 Å². The predicted octanol–water partition coefficient (Wildman–Crippen LogP) is 1.04. The number of methoxy groups -OCH3 is 2. The van der Waals surface area contributed by atoms with Crippen molar-refractivity contribution in [3.8, 4) is 11.5 Å². The summed E-state index contributed by atoms with van der Waals surface area (Å²) < 4.78 is 16.2. The standard InChI is InChI=1S/C15H21NO4/c1-18-12-3-4-14(19-2)13(5-12)15(17)6-10-8-20-9-11(7-15)16-10/h3-5,10-11,16-17H,6-9H2,1-2H3. The smallest absolute Gasteiger partial charge is 0.125 e. The van der Waals surface area contributed by atoms with Gasteiger partial charge in [-0.25, -0.2) is 0 Å². The highest BCUT2D eigenvalue weighted by Crippen LogP contribution is 2.42. The first-order valence-electron chi connectivity index (χ1n) is 6.93. The fraction of sp³-hybridized carbons (Fsp3) is 0.600. The largest absolute Gasteiger partial charge is 0.497 e. The molecular formula is C15H21NO4. The Morgan fingerprint density at radius 2 is 1.90 bits per heavy atom. The molecule has 110 valence electrons. The lowest BCUT2D eigenvalue weighted by Gasteiger charge is -2.45. The maximum Gasteiger partial charge on any atom is 0.125 e. The topological polar surface area (TPSA) is 60.0 Å². The molecule has 1 aromatic carbocycles. The normalized spacial score (nSPS) is 32.8. The minimum absolute atomic E-state index is 0.184. The van der Waals surface area contributed by atoms with Gasteiger partial charge in [-0.05, 0) is 31.0 Å². The van der Waals surface area contributed by atoms with Gasteiger partial charge in [0, 0.05) is 17.6 Å². The molecule has 0 aromatic heterocycles. The van der Waals surface area contributed by atoms with Gasteiger partial charge in [-0.3, -0.25) is 0 Å². The molecule has 2 aliphatic heterocycles. The van der Waals surface area contributed by atoms with Gasteiger partial charge < -0.3 is 24.6 Å².